The molecule has 4 heteroatoms. The molecule has 1 aliphatic rings. The SMILES string of the molecule is COC(C)C(=O)N1CCCc2ccc(N)cc21. The van der Waals surface area contributed by atoms with Crippen molar-refractivity contribution in [2.24, 2.45) is 0 Å². The second kappa shape index (κ2) is 4.75. The van der Waals surface area contributed by atoms with Gasteiger partial charge in [0, 0.05) is 25.0 Å². The maximum absolute atomic E-state index is 12.2. The van der Waals surface area contributed by atoms with E-state index in [1.807, 2.05) is 18.2 Å². The molecule has 0 fully saturated rings. The molecule has 1 heterocycles. The number of anilines is 2. The third-order valence-electron chi connectivity index (χ3n) is 3.20. The molecule has 17 heavy (non-hydrogen) atoms. The highest BCUT2D eigenvalue weighted by Crippen LogP contribution is 2.29. The van der Waals surface area contributed by atoms with Gasteiger partial charge in [-0.15, -0.1) is 0 Å². The van der Waals surface area contributed by atoms with Crippen molar-refractivity contribution in [2.45, 2.75) is 25.9 Å². The van der Waals surface area contributed by atoms with Crippen molar-refractivity contribution in [1.29, 1.82) is 0 Å². The van der Waals surface area contributed by atoms with E-state index in [0.717, 1.165) is 25.1 Å². The van der Waals surface area contributed by atoms with Crippen LogP contribution in [0, 0.1) is 0 Å². The molecule has 1 aromatic rings. The fourth-order valence-electron chi connectivity index (χ4n) is 2.14. The highest BCUT2D eigenvalue weighted by Gasteiger charge is 2.26. The molecule has 1 unspecified atom stereocenters. The molecule has 92 valence electrons. The molecule has 2 N–H and O–H groups in total. The largest absolute Gasteiger partial charge is 0.399 e. The van der Waals surface area contributed by atoms with Gasteiger partial charge < -0.3 is 15.4 Å². The van der Waals surface area contributed by atoms with Gasteiger partial charge in [-0.1, -0.05) is 6.07 Å². The number of hydrogen-bond donors (Lipinski definition) is 1. The Morgan fingerprint density at radius 3 is 3.00 bits per heavy atom. The summed E-state index contributed by atoms with van der Waals surface area (Å²) < 4.78 is 5.09. The first-order valence-corrected chi connectivity index (χ1v) is 5.86. The Balaban J connectivity index is 2.34. The van der Waals surface area contributed by atoms with Crippen LogP contribution in [0.25, 0.3) is 0 Å². The van der Waals surface area contributed by atoms with Crippen LogP contribution in [0.15, 0.2) is 18.2 Å². The first kappa shape index (κ1) is 11.9. The first-order chi connectivity index (χ1) is 8.13. The van der Waals surface area contributed by atoms with Crippen LogP contribution in [0.2, 0.25) is 0 Å². The van der Waals surface area contributed by atoms with Crippen LogP contribution in [-0.4, -0.2) is 25.7 Å². The second-order valence-corrected chi connectivity index (χ2v) is 4.36. The minimum Gasteiger partial charge on any atom is -0.399 e. The van der Waals surface area contributed by atoms with E-state index in [-0.39, 0.29) is 5.91 Å². The fourth-order valence-corrected chi connectivity index (χ4v) is 2.14. The molecule has 0 bridgehead atoms. The molecule has 0 saturated heterocycles. The Labute approximate surface area is 101 Å². The smallest absolute Gasteiger partial charge is 0.255 e. The fraction of sp³-hybridized carbons (Fsp3) is 0.462. The number of ether oxygens (including phenoxy) is 1. The topological polar surface area (TPSA) is 55.6 Å². The lowest BCUT2D eigenvalue weighted by Crippen LogP contribution is -2.41. The van der Waals surface area contributed by atoms with E-state index in [4.69, 9.17) is 10.5 Å². The zero-order valence-corrected chi connectivity index (χ0v) is 10.3. The van der Waals surface area contributed by atoms with Gasteiger partial charge in [-0.05, 0) is 37.5 Å². The van der Waals surface area contributed by atoms with E-state index in [2.05, 4.69) is 0 Å². The lowest BCUT2D eigenvalue weighted by atomic mass is 10.0. The average Bonchev–Trinajstić information content (AvgIpc) is 2.36. The van der Waals surface area contributed by atoms with Crippen LogP contribution in [0.5, 0.6) is 0 Å². The predicted molar refractivity (Wildman–Crippen MR) is 68.0 cm³/mol. The molecule has 2 rings (SSSR count). The monoisotopic (exact) mass is 234 g/mol. The molecule has 1 amide bonds. The predicted octanol–water partition coefficient (Wildman–Crippen LogP) is 1.58. The van der Waals surface area contributed by atoms with Crippen molar-refractivity contribution in [3.8, 4) is 0 Å². The van der Waals surface area contributed by atoms with Gasteiger partial charge in [0.1, 0.15) is 6.10 Å². The molecule has 1 aromatic carbocycles. The Hall–Kier alpha value is -1.55. The Morgan fingerprint density at radius 1 is 1.53 bits per heavy atom. The van der Waals surface area contributed by atoms with Crippen molar-refractivity contribution >= 4 is 17.3 Å². The van der Waals surface area contributed by atoms with Gasteiger partial charge in [0.15, 0.2) is 0 Å². The van der Waals surface area contributed by atoms with Crippen molar-refractivity contribution in [3.63, 3.8) is 0 Å². The highest BCUT2D eigenvalue weighted by atomic mass is 16.5. The molecule has 1 atom stereocenters. The van der Waals surface area contributed by atoms with Gasteiger partial charge in [-0.3, -0.25) is 4.79 Å². The van der Waals surface area contributed by atoms with Crippen LogP contribution < -0.4 is 10.6 Å². The number of nitrogens with two attached hydrogens (primary N) is 1. The van der Waals surface area contributed by atoms with E-state index in [1.165, 1.54) is 5.56 Å². The van der Waals surface area contributed by atoms with Gasteiger partial charge >= 0.3 is 0 Å². The highest BCUT2D eigenvalue weighted by molar-refractivity contribution is 5.97. The second-order valence-electron chi connectivity index (χ2n) is 4.36. The summed E-state index contributed by atoms with van der Waals surface area (Å²) in [6, 6.07) is 5.75. The van der Waals surface area contributed by atoms with Crippen LogP contribution in [0.1, 0.15) is 18.9 Å². The van der Waals surface area contributed by atoms with E-state index >= 15 is 0 Å². The number of carbonyl (C=O) groups is 1. The minimum atomic E-state index is -0.414. The molecule has 0 spiro atoms. The maximum atomic E-state index is 12.2. The zero-order valence-electron chi connectivity index (χ0n) is 10.3. The molecular weight excluding hydrogens is 216 g/mol. The molecule has 0 radical (unpaired) electrons. The van der Waals surface area contributed by atoms with Crippen molar-refractivity contribution in [3.05, 3.63) is 23.8 Å². The van der Waals surface area contributed by atoms with E-state index < -0.39 is 6.10 Å². The molecule has 0 aliphatic carbocycles. The summed E-state index contributed by atoms with van der Waals surface area (Å²) in [7, 11) is 1.55. The number of amides is 1. The molecular formula is C13H18N2O2. The number of benzene rings is 1. The van der Waals surface area contributed by atoms with Crippen molar-refractivity contribution in [2.75, 3.05) is 24.3 Å². The third kappa shape index (κ3) is 2.26. The number of rotatable bonds is 2. The number of carbonyl (C=O) groups excluding carboxylic acids is 1. The maximum Gasteiger partial charge on any atom is 0.255 e. The Morgan fingerprint density at radius 2 is 2.29 bits per heavy atom. The third-order valence-corrected chi connectivity index (χ3v) is 3.20. The van der Waals surface area contributed by atoms with Crippen molar-refractivity contribution in [1.82, 2.24) is 0 Å². The summed E-state index contributed by atoms with van der Waals surface area (Å²) in [5.74, 6) is -0.000880. The molecule has 1 aliphatic heterocycles. The number of nitrogen functional groups attached to an aromatic ring is 1. The lowest BCUT2D eigenvalue weighted by Gasteiger charge is -2.31. The van der Waals surface area contributed by atoms with Gasteiger partial charge in [-0.25, -0.2) is 0 Å². The standard InChI is InChI=1S/C13H18N2O2/c1-9(17-2)13(16)15-7-3-4-10-5-6-11(14)8-12(10)15/h5-6,8-9H,3-4,7,14H2,1-2H3. The minimum absolute atomic E-state index is 0.000880. The molecule has 0 aromatic heterocycles. The van der Waals surface area contributed by atoms with Gasteiger partial charge in [-0.2, -0.15) is 0 Å². The summed E-state index contributed by atoms with van der Waals surface area (Å²) in [5.41, 5.74) is 8.59. The lowest BCUT2D eigenvalue weighted by molar-refractivity contribution is -0.127. The zero-order chi connectivity index (χ0) is 12.4. The molecule has 0 saturated carbocycles. The summed E-state index contributed by atoms with van der Waals surface area (Å²) in [5, 5.41) is 0. The van der Waals surface area contributed by atoms with Crippen LogP contribution in [-0.2, 0) is 16.0 Å². The number of methoxy groups -OCH3 is 1. The first-order valence-electron chi connectivity index (χ1n) is 5.86. The van der Waals surface area contributed by atoms with Crippen molar-refractivity contribution < 1.29 is 9.53 Å². The summed E-state index contributed by atoms with van der Waals surface area (Å²) in [6.07, 6.45) is 1.57. The number of aryl methyl sites for hydroxylation is 1. The van der Waals surface area contributed by atoms with Crippen LogP contribution in [0.4, 0.5) is 11.4 Å². The van der Waals surface area contributed by atoms with Gasteiger partial charge in [0.25, 0.3) is 5.91 Å². The summed E-state index contributed by atoms with van der Waals surface area (Å²) >= 11 is 0. The normalized spacial score (nSPS) is 16.5. The van der Waals surface area contributed by atoms with E-state index in [0.29, 0.717) is 5.69 Å². The number of hydrogen-bond acceptors (Lipinski definition) is 3. The van der Waals surface area contributed by atoms with Gasteiger partial charge in [0.05, 0.1) is 0 Å². The summed E-state index contributed by atoms with van der Waals surface area (Å²) in [4.78, 5) is 13.9. The van der Waals surface area contributed by atoms with Gasteiger partial charge in [0.2, 0.25) is 0 Å². The van der Waals surface area contributed by atoms with Crippen LogP contribution in [0.3, 0.4) is 0 Å². The van der Waals surface area contributed by atoms with Crippen LogP contribution >= 0.6 is 0 Å². The molecule has 4 nitrogen and oxygen atoms in total. The number of nitrogens with zero attached hydrogens (tertiary/aromatic N) is 1. The Kier molecular flexibility index (Phi) is 3.33. The quantitative estimate of drug-likeness (QED) is 0.790. The Bertz CT molecular complexity index is 431. The van der Waals surface area contributed by atoms with E-state index in [1.54, 1.807) is 18.9 Å². The average molecular weight is 234 g/mol. The number of fused-ring (bicyclic) bond motifs is 1. The summed E-state index contributed by atoms with van der Waals surface area (Å²) in [6.45, 7) is 2.51. The van der Waals surface area contributed by atoms with E-state index in [9.17, 15) is 4.79 Å².